The lowest BCUT2D eigenvalue weighted by molar-refractivity contribution is 0.151. The third-order valence-electron chi connectivity index (χ3n) is 2.87. The van der Waals surface area contributed by atoms with Crippen LogP contribution in [0, 0.1) is 0 Å². The first-order chi connectivity index (χ1) is 9.69. The molecule has 0 radical (unpaired) electrons. The molecule has 0 atom stereocenters. The molecule has 2 aromatic rings. The Morgan fingerprint density at radius 2 is 1.95 bits per heavy atom. The number of halogens is 2. The first-order valence-electron chi connectivity index (χ1n) is 6.25. The lowest BCUT2D eigenvalue weighted by Crippen LogP contribution is -2.13. The lowest BCUT2D eigenvalue weighted by atomic mass is 10.1. The van der Waals surface area contributed by atoms with Crippen LogP contribution in [-0.2, 0) is 13.1 Å². The molecular weight excluding hydrogens is 262 g/mol. The molecule has 0 aliphatic rings. The van der Waals surface area contributed by atoms with Gasteiger partial charge in [0.15, 0.2) is 0 Å². The minimum Gasteiger partial charge on any atom is -0.481 e. The highest BCUT2D eigenvalue weighted by atomic mass is 19.3. The van der Waals surface area contributed by atoms with Gasteiger partial charge in [-0.25, -0.2) is 13.8 Å². The Hall–Kier alpha value is -2.01. The summed E-state index contributed by atoms with van der Waals surface area (Å²) >= 11 is 0. The maximum absolute atomic E-state index is 12.6. The monoisotopic (exact) mass is 278 g/mol. The molecule has 1 heterocycles. The van der Waals surface area contributed by atoms with Crippen LogP contribution in [-0.4, -0.2) is 12.1 Å². The third kappa shape index (κ3) is 3.99. The van der Waals surface area contributed by atoms with Crippen molar-refractivity contribution in [3.63, 3.8) is 0 Å². The molecule has 20 heavy (non-hydrogen) atoms. The average molecular weight is 278 g/mol. The highest BCUT2D eigenvalue weighted by molar-refractivity contribution is 5.24. The Bertz CT molecular complexity index is 544. The highest BCUT2D eigenvalue weighted by Crippen LogP contribution is 2.19. The molecular formula is C15H16F2N2O. The molecule has 0 bridgehead atoms. The van der Waals surface area contributed by atoms with Crippen LogP contribution in [0.4, 0.5) is 8.78 Å². The number of nitrogens with zero attached hydrogens (tertiary/aromatic N) is 1. The largest absolute Gasteiger partial charge is 0.481 e. The van der Waals surface area contributed by atoms with E-state index < -0.39 is 6.43 Å². The summed E-state index contributed by atoms with van der Waals surface area (Å²) in [6, 6.07) is 10.1. The van der Waals surface area contributed by atoms with Gasteiger partial charge in [0.25, 0.3) is 6.43 Å². The van der Waals surface area contributed by atoms with Crippen LogP contribution in [0.1, 0.15) is 23.1 Å². The molecule has 3 nitrogen and oxygen atoms in total. The molecule has 0 saturated carbocycles. The Kier molecular flexibility index (Phi) is 5.01. The van der Waals surface area contributed by atoms with Crippen LogP contribution in [0.15, 0.2) is 42.6 Å². The van der Waals surface area contributed by atoms with Crippen molar-refractivity contribution in [1.29, 1.82) is 0 Å². The number of pyridine rings is 1. The molecule has 5 heteroatoms. The molecule has 1 aromatic carbocycles. The zero-order chi connectivity index (χ0) is 14.4. The van der Waals surface area contributed by atoms with Crippen molar-refractivity contribution in [2.45, 2.75) is 19.5 Å². The number of aromatic nitrogens is 1. The van der Waals surface area contributed by atoms with Gasteiger partial charge < -0.3 is 10.1 Å². The number of ether oxygens (including phenoxy) is 1. The van der Waals surface area contributed by atoms with Gasteiger partial charge in [0, 0.05) is 30.9 Å². The Balaban J connectivity index is 1.87. The minimum absolute atomic E-state index is 0.0513. The van der Waals surface area contributed by atoms with Gasteiger partial charge in [-0.3, -0.25) is 0 Å². The predicted octanol–water partition coefficient (Wildman–Crippen LogP) is 3.32. The topological polar surface area (TPSA) is 34.1 Å². The van der Waals surface area contributed by atoms with E-state index in [0.29, 0.717) is 19.0 Å². The van der Waals surface area contributed by atoms with Gasteiger partial charge in [0.05, 0.1) is 7.11 Å². The molecule has 1 N–H and O–H groups in total. The van der Waals surface area contributed by atoms with Crippen LogP contribution >= 0.6 is 0 Å². The number of alkyl halides is 2. The number of methoxy groups -OCH3 is 1. The lowest BCUT2D eigenvalue weighted by Gasteiger charge is -2.07. The van der Waals surface area contributed by atoms with Crippen molar-refractivity contribution in [3.8, 4) is 5.88 Å². The predicted molar refractivity (Wildman–Crippen MR) is 72.7 cm³/mol. The highest BCUT2D eigenvalue weighted by Gasteiger charge is 2.06. The van der Waals surface area contributed by atoms with E-state index in [2.05, 4.69) is 10.3 Å². The van der Waals surface area contributed by atoms with Gasteiger partial charge in [0.1, 0.15) is 0 Å². The Morgan fingerprint density at radius 3 is 2.60 bits per heavy atom. The Morgan fingerprint density at radius 1 is 1.15 bits per heavy atom. The molecule has 1 aromatic heterocycles. The van der Waals surface area contributed by atoms with Crippen molar-refractivity contribution in [2.24, 2.45) is 0 Å². The third-order valence-corrected chi connectivity index (χ3v) is 2.87. The van der Waals surface area contributed by atoms with E-state index in [1.807, 2.05) is 12.1 Å². The van der Waals surface area contributed by atoms with Gasteiger partial charge >= 0.3 is 0 Å². The summed E-state index contributed by atoms with van der Waals surface area (Å²) in [7, 11) is 1.57. The fourth-order valence-corrected chi connectivity index (χ4v) is 1.83. The van der Waals surface area contributed by atoms with E-state index >= 15 is 0 Å². The van der Waals surface area contributed by atoms with Gasteiger partial charge in [-0.15, -0.1) is 0 Å². The van der Waals surface area contributed by atoms with Crippen LogP contribution in [0.25, 0.3) is 0 Å². The zero-order valence-corrected chi connectivity index (χ0v) is 11.1. The smallest absolute Gasteiger partial charge is 0.263 e. The molecule has 106 valence electrons. The van der Waals surface area contributed by atoms with Gasteiger partial charge in [0.2, 0.25) is 5.88 Å². The van der Waals surface area contributed by atoms with Gasteiger partial charge in [-0.05, 0) is 17.2 Å². The van der Waals surface area contributed by atoms with Crippen LogP contribution < -0.4 is 10.1 Å². The van der Waals surface area contributed by atoms with Crippen molar-refractivity contribution in [3.05, 3.63) is 59.3 Å². The van der Waals surface area contributed by atoms with Crippen molar-refractivity contribution >= 4 is 0 Å². The van der Waals surface area contributed by atoms with Crippen molar-refractivity contribution in [2.75, 3.05) is 7.11 Å². The number of hydrogen-bond donors (Lipinski definition) is 1. The van der Waals surface area contributed by atoms with Crippen LogP contribution in [0.5, 0.6) is 5.88 Å². The molecule has 0 spiro atoms. The maximum atomic E-state index is 12.6. The quantitative estimate of drug-likeness (QED) is 0.880. The fourth-order valence-electron chi connectivity index (χ4n) is 1.83. The summed E-state index contributed by atoms with van der Waals surface area (Å²) in [5, 5.41) is 3.20. The number of rotatable bonds is 6. The second kappa shape index (κ2) is 6.96. The maximum Gasteiger partial charge on any atom is 0.263 e. The summed E-state index contributed by atoms with van der Waals surface area (Å²) in [5.74, 6) is 0.568. The number of hydrogen-bond acceptors (Lipinski definition) is 3. The van der Waals surface area contributed by atoms with E-state index in [1.165, 1.54) is 12.1 Å². The SMILES string of the molecule is COc1ccc(CNCc2cccc(C(F)F)c2)cn1. The normalized spacial score (nSPS) is 10.8. The molecule has 0 aliphatic heterocycles. The van der Waals surface area contributed by atoms with E-state index in [4.69, 9.17) is 4.74 Å². The van der Waals surface area contributed by atoms with Crippen molar-refractivity contribution in [1.82, 2.24) is 10.3 Å². The first kappa shape index (κ1) is 14.4. The second-order valence-corrected chi connectivity index (χ2v) is 4.36. The summed E-state index contributed by atoms with van der Waals surface area (Å²) in [6.07, 6.45) is -0.706. The number of benzene rings is 1. The second-order valence-electron chi connectivity index (χ2n) is 4.36. The molecule has 0 saturated heterocycles. The van der Waals surface area contributed by atoms with E-state index in [0.717, 1.165) is 11.1 Å². The molecule has 0 aliphatic carbocycles. The molecule has 2 rings (SSSR count). The summed E-state index contributed by atoms with van der Waals surface area (Å²) in [6.45, 7) is 1.16. The van der Waals surface area contributed by atoms with Gasteiger partial charge in [-0.1, -0.05) is 24.3 Å². The summed E-state index contributed by atoms with van der Waals surface area (Å²) < 4.78 is 30.1. The van der Waals surface area contributed by atoms with E-state index in [-0.39, 0.29) is 5.56 Å². The average Bonchev–Trinajstić information content (AvgIpc) is 2.48. The van der Waals surface area contributed by atoms with E-state index in [1.54, 1.807) is 25.4 Å². The minimum atomic E-state index is -2.43. The molecule has 0 unspecified atom stereocenters. The zero-order valence-electron chi connectivity index (χ0n) is 11.1. The fraction of sp³-hybridized carbons (Fsp3) is 0.267. The molecule has 0 amide bonds. The van der Waals surface area contributed by atoms with Crippen LogP contribution in [0.2, 0.25) is 0 Å². The van der Waals surface area contributed by atoms with Gasteiger partial charge in [-0.2, -0.15) is 0 Å². The summed E-state index contributed by atoms with van der Waals surface area (Å²) in [5.41, 5.74) is 1.90. The summed E-state index contributed by atoms with van der Waals surface area (Å²) in [4.78, 5) is 4.10. The Labute approximate surface area is 116 Å². The molecule has 0 fully saturated rings. The van der Waals surface area contributed by atoms with E-state index in [9.17, 15) is 8.78 Å². The van der Waals surface area contributed by atoms with Crippen molar-refractivity contribution < 1.29 is 13.5 Å². The number of nitrogens with one attached hydrogen (secondary N) is 1. The van der Waals surface area contributed by atoms with Crippen LogP contribution in [0.3, 0.4) is 0 Å². The first-order valence-corrected chi connectivity index (χ1v) is 6.25. The standard InChI is InChI=1S/C15H16F2N2O/c1-20-14-6-5-12(10-19-14)9-18-8-11-3-2-4-13(7-11)15(16)17/h2-7,10,15,18H,8-9H2,1H3.